The smallest absolute Gasteiger partial charge is 0.335 e. The summed E-state index contributed by atoms with van der Waals surface area (Å²) in [5.41, 5.74) is 3.84. The van der Waals surface area contributed by atoms with Crippen LogP contribution in [0.2, 0.25) is 0 Å². The van der Waals surface area contributed by atoms with Gasteiger partial charge in [-0.2, -0.15) is 0 Å². The molecule has 1 saturated carbocycles. The van der Waals surface area contributed by atoms with E-state index < -0.39 is 5.97 Å². The highest BCUT2D eigenvalue weighted by Crippen LogP contribution is 2.31. The lowest BCUT2D eigenvalue weighted by molar-refractivity contribution is 0.0696. The topological polar surface area (TPSA) is 49.8 Å². The quantitative estimate of drug-likeness (QED) is 0.614. The van der Waals surface area contributed by atoms with Gasteiger partial charge in [0, 0.05) is 19.0 Å². The molecule has 0 spiro atoms. The summed E-state index contributed by atoms with van der Waals surface area (Å²) in [7, 11) is 0. The SMILES string of the molecule is CCC1CCC(N2CCCCCOc3ccc(C(=O)O)cc3Cc3cccc(c3)C2)CC1. The van der Waals surface area contributed by atoms with Crippen molar-refractivity contribution < 1.29 is 14.6 Å². The molecule has 1 heterocycles. The Balaban J connectivity index is 1.56. The van der Waals surface area contributed by atoms with Gasteiger partial charge < -0.3 is 9.84 Å². The number of nitrogens with zero attached hydrogens (tertiary/aromatic N) is 1. The van der Waals surface area contributed by atoms with Crippen molar-refractivity contribution in [2.24, 2.45) is 5.92 Å². The molecular weight excluding hydrogens is 398 g/mol. The molecule has 1 fully saturated rings. The van der Waals surface area contributed by atoms with E-state index in [0.29, 0.717) is 24.6 Å². The van der Waals surface area contributed by atoms with E-state index in [4.69, 9.17) is 4.74 Å². The number of fused-ring (bicyclic) bond motifs is 3. The molecule has 0 unspecified atom stereocenters. The molecular formula is C28H37NO3. The molecule has 2 bridgehead atoms. The third-order valence-electron chi connectivity index (χ3n) is 7.34. The first-order chi connectivity index (χ1) is 15.6. The van der Waals surface area contributed by atoms with E-state index in [1.807, 2.05) is 6.07 Å². The van der Waals surface area contributed by atoms with E-state index in [2.05, 4.69) is 36.1 Å². The maximum absolute atomic E-state index is 11.5. The number of carboxylic acids is 1. The van der Waals surface area contributed by atoms with Crippen LogP contribution in [-0.4, -0.2) is 35.2 Å². The minimum atomic E-state index is -0.894. The molecule has 1 aliphatic carbocycles. The van der Waals surface area contributed by atoms with Gasteiger partial charge in [0.05, 0.1) is 12.2 Å². The van der Waals surface area contributed by atoms with Crippen LogP contribution < -0.4 is 4.74 Å². The Bertz CT molecular complexity index is 901. The molecule has 0 saturated heterocycles. The Hall–Kier alpha value is -2.33. The van der Waals surface area contributed by atoms with Gasteiger partial charge in [-0.25, -0.2) is 4.79 Å². The number of hydrogen-bond acceptors (Lipinski definition) is 3. The van der Waals surface area contributed by atoms with E-state index >= 15 is 0 Å². The van der Waals surface area contributed by atoms with Crippen LogP contribution in [0.25, 0.3) is 0 Å². The zero-order valence-corrected chi connectivity index (χ0v) is 19.4. The monoisotopic (exact) mass is 435 g/mol. The van der Waals surface area contributed by atoms with Crippen molar-refractivity contribution in [3.8, 4) is 5.75 Å². The lowest BCUT2D eigenvalue weighted by Crippen LogP contribution is -2.38. The first-order valence-electron chi connectivity index (χ1n) is 12.4. The Kier molecular flexibility index (Phi) is 7.85. The molecule has 172 valence electrons. The predicted molar refractivity (Wildman–Crippen MR) is 128 cm³/mol. The Labute approximate surface area is 192 Å². The average molecular weight is 436 g/mol. The van der Waals surface area contributed by atoms with Crippen LogP contribution in [0.5, 0.6) is 5.75 Å². The number of carboxylic acid groups (broad SMARTS) is 1. The summed E-state index contributed by atoms with van der Waals surface area (Å²) in [6.45, 7) is 5.18. The van der Waals surface area contributed by atoms with Crippen molar-refractivity contribution in [2.45, 2.75) is 77.3 Å². The van der Waals surface area contributed by atoms with Crippen LogP contribution in [-0.2, 0) is 13.0 Å². The Morgan fingerprint density at radius 3 is 2.62 bits per heavy atom. The summed E-state index contributed by atoms with van der Waals surface area (Å²) >= 11 is 0. The molecule has 0 aromatic heterocycles. The minimum absolute atomic E-state index is 0.318. The number of hydrogen-bond donors (Lipinski definition) is 1. The highest BCUT2D eigenvalue weighted by atomic mass is 16.5. The molecule has 2 aromatic rings. The van der Waals surface area contributed by atoms with E-state index in [-0.39, 0.29) is 0 Å². The molecule has 4 heteroatoms. The molecule has 0 radical (unpaired) electrons. The van der Waals surface area contributed by atoms with Crippen LogP contribution in [0.1, 0.15) is 85.3 Å². The molecule has 0 amide bonds. The van der Waals surface area contributed by atoms with Crippen LogP contribution >= 0.6 is 0 Å². The summed E-state index contributed by atoms with van der Waals surface area (Å²) < 4.78 is 6.10. The zero-order valence-electron chi connectivity index (χ0n) is 19.4. The van der Waals surface area contributed by atoms with Crippen LogP contribution in [0.4, 0.5) is 0 Å². The van der Waals surface area contributed by atoms with Gasteiger partial charge in [0.1, 0.15) is 5.75 Å². The fourth-order valence-electron chi connectivity index (χ4n) is 5.37. The number of ether oxygens (including phenoxy) is 1. The first kappa shape index (κ1) is 22.8. The summed E-state index contributed by atoms with van der Waals surface area (Å²) in [6.07, 6.45) is 10.8. The third-order valence-corrected chi connectivity index (χ3v) is 7.34. The summed E-state index contributed by atoms with van der Waals surface area (Å²) in [5, 5.41) is 9.44. The maximum atomic E-state index is 11.5. The van der Waals surface area contributed by atoms with Gasteiger partial charge in [0.25, 0.3) is 0 Å². The second-order valence-corrected chi connectivity index (χ2v) is 9.59. The standard InChI is InChI=1S/C28H37NO3/c1-2-21-9-12-26(13-10-21)29-15-4-3-5-16-32-27-14-11-24(28(30)31)19-25(27)18-22-7-6-8-23(17-22)20-29/h6-8,11,14,17,19,21,26H,2-5,9-10,12-13,15-16,18,20H2,1H3,(H,30,31). The maximum Gasteiger partial charge on any atom is 0.335 e. The normalized spacial score (nSPS) is 22.9. The van der Waals surface area contributed by atoms with Gasteiger partial charge in [-0.1, -0.05) is 37.6 Å². The average Bonchev–Trinajstić information content (AvgIpc) is 2.81. The first-order valence-corrected chi connectivity index (χ1v) is 12.4. The van der Waals surface area contributed by atoms with Gasteiger partial charge in [-0.15, -0.1) is 0 Å². The number of benzene rings is 2. The molecule has 2 aromatic carbocycles. The summed E-state index contributed by atoms with van der Waals surface area (Å²) in [4.78, 5) is 14.2. The highest BCUT2D eigenvalue weighted by molar-refractivity contribution is 5.88. The second kappa shape index (κ2) is 11.0. The molecule has 2 aliphatic rings. The molecule has 1 N–H and O–H groups in total. The van der Waals surface area contributed by atoms with Crippen LogP contribution in [0, 0.1) is 5.92 Å². The van der Waals surface area contributed by atoms with Crippen LogP contribution in [0.3, 0.4) is 0 Å². The number of rotatable bonds is 3. The van der Waals surface area contributed by atoms with Gasteiger partial charge in [0.2, 0.25) is 0 Å². The zero-order chi connectivity index (χ0) is 22.3. The van der Waals surface area contributed by atoms with E-state index in [9.17, 15) is 9.90 Å². The van der Waals surface area contributed by atoms with Crippen molar-refractivity contribution in [1.82, 2.24) is 4.90 Å². The largest absolute Gasteiger partial charge is 0.493 e. The summed E-state index contributed by atoms with van der Waals surface area (Å²) in [6, 6.07) is 14.8. The lowest BCUT2D eigenvalue weighted by Gasteiger charge is -2.37. The second-order valence-electron chi connectivity index (χ2n) is 9.59. The van der Waals surface area contributed by atoms with Gasteiger partial charge >= 0.3 is 5.97 Å². The highest BCUT2D eigenvalue weighted by Gasteiger charge is 2.25. The van der Waals surface area contributed by atoms with E-state index in [0.717, 1.165) is 43.2 Å². The van der Waals surface area contributed by atoms with Crippen molar-refractivity contribution in [3.05, 3.63) is 64.7 Å². The van der Waals surface area contributed by atoms with Crippen LogP contribution in [0.15, 0.2) is 42.5 Å². The van der Waals surface area contributed by atoms with E-state index in [1.165, 1.54) is 49.7 Å². The fraction of sp³-hybridized carbons (Fsp3) is 0.536. The van der Waals surface area contributed by atoms with Gasteiger partial charge in [0.15, 0.2) is 0 Å². The fourth-order valence-corrected chi connectivity index (χ4v) is 5.37. The van der Waals surface area contributed by atoms with E-state index in [1.54, 1.807) is 12.1 Å². The number of aromatic carboxylic acids is 1. The third kappa shape index (κ3) is 5.92. The summed E-state index contributed by atoms with van der Waals surface area (Å²) in [5.74, 6) is 0.836. The lowest BCUT2D eigenvalue weighted by atomic mass is 9.83. The predicted octanol–water partition coefficient (Wildman–Crippen LogP) is 6.31. The van der Waals surface area contributed by atoms with Gasteiger partial charge in [-0.3, -0.25) is 4.90 Å². The minimum Gasteiger partial charge on any atom is -0.493 e. The molecule has 4 nitrogen and oxygen atoms in total. The Morgan fingerprint density at radius 2 is 1.84 bits per heavy atom. The van der Waals surface area contributed by atoms with Crippen molar-refractivity contribution in [2.75, 3.05) is 13.2 Å². The molecule has 32 heavy (non-hydrogen) atoms. The molecule has 0 atom stereocenters. The Morgan fingerprint density at radius 1 is 1.03 bits per heavy atom. The molecule has 1 aliphatic heterocycles. The van der Waals surface area contributed by atoms with Crippen molar-refractivity contribution in [3.63, 3.8) is 0 Å². The van der Waals surface area contributed by atoms with Gasteiger partial charge in [-0.05, 0) is 92.3 Å². The number of carbonyl (C=O) groups is 1. The van der Waals surface area contributed by atoms with Crippen molar-refractivity contribution >= 4 is 5.97 Å². The molecule has 4 rings (SSSR count). The van der Waals surface area contributed by atoms with Crippen molar-refractivity contribution in [1.29, 1.82) is 0 Å².